The summed E-state index contributed by atoms with van der Waals surface area (Å²) in [5.41, 5.74) is 2.30. The summed E-state index contributed by atoms with van der Waals surface area (Å²) in [5.74, 6) is 0.842. The van der Waals surface area contributed by atoms with Crippen LogP contribution in [0.3, 0.4) is 0 Å². The predicted molar refractivity (Wildman–Crippen MR) is 82.7 cm³/mol. The minimum Gasteiger partial charge on any atom is -0.241 e. The van der Waals surface area contributed by atoms with Gasteiger partial charge in [-0.25, -0.2) is 10.0 Å². The van der Waals surface area contributed by atoms with Gasteiger partial charge in [-0.15, -0.1) is 0 Å². The fraction of sp³-hybridized carbons (Fsp3) is 0.529. The number of nitrogens with zero attached hydrogens (tertiary/aromatic N) is 2. The summed E-state index contributed by atoms with van der Waals surface area (Å²) >= 11 is 0. The molecule has 0 aromatic heterocycles. The van der Waals surface area contributed by atoms with Gasteiger partial charge in [-0.05, 0) is 31.6 Å². The second kappa shape index (κ2) is 6.36. The minimum atomic E-state index is 0.683. The molecule has 3 atom stereocenters. The molecular formula is C17H26N2. The first kappa shape index (κ1) is 14.3. The molecule has 2 aliphatic rings. The summed E-state index contributed by atoms with van der Waals surface area (Å²) in [6, 6.07) is 0.683. The van der Waals surface area contributed by atoms with Crippen LogP contribution >= 0.6 is 0 Å². The number of fused-ring (bicyclic) bond motifs is 2. The average molecular weight is 258 g/mol. The molecule has 0 N–H and O–H groups in total. The Labute approximate surface area is 117 Å². The molecular weight excluding hydrogens is 232 g/mol. The highest BCUT2D eigenvalue weighted by Gasteiger charge is 2.43. The molecule has 2 heterocycles. The molecule has 2 heteroatoms. The summed E-state index contributed by atoms with van der Waals surface area (Å²) in [7, 11) is 0. The van der Waals surface area contributed by atoms with E-state index in [1.54, 1.807) is 0 Å². The van der Waals surface area contributed by atoms with Crippen molar-refractivity contribution < 1.29 is 0 Å². The van der Waals surface area contributed by atoms with Gasteiger partial charge in [0, 0.05) is 25.7 Å². The van der Waals surface area contributed by atoms with Gasteiger partial charge in [0.1, 0.15) is 0 Å². The Morgan fingerprint density at radius 1 is 1.11 bits per heavy atom. The van der Waals surface area contributed by atoms with Gasteiger partial charge in [-0.2, -0.15) is 0 Å². The molecule has 2 bridgehead atoms. The first-order valence-electron chi connectivity index (χ1n) is 7.27. The third-order valence-electron chi connectivity index (χ3n) is 4.49. The van der Waals surface area contributed by atoms with Crippen molar-refractivity contribution in [3.63, 3.8) is 0 Å². The van der Waals surface area contributed by atoms with Crippen molar-refractivity contribution >= 4 is 0 Å². The van der Waals surface area contributed by atoms with E-state index in [4.69, 9.17) is 0 Å². The van der Waals surface area contributed by atoms with Crippen LogP contribution in [0.25, 0.3) is 0 Å². The molecule has 0 aromatic carbocycles. The van der Waals surface area contributed by atoms with E-state index in [2.05, 4.69) is 36.3 Å². The maximum absolute atomic E-state index is 4.03. The molecule has 2 saturated heterocycles. The first-order chi connectivity index (χ1) is 9.15. The van der Waals surface area contributed by atoms with Gasteiger partial charge in [0.05, 0.1) is 0 Å². The smallest absolute Gasteiger partial charge is 0.0290 e. The van der Waals surface area contributed by atoms with Crippen LogP contribution in [-0.2, 0) is 0 Å². The lowest BCUT2D eigenvalue weighted by Crippen LogP contribution is -2.45. The van der Waals surface area contributed by atoms with Crippen molar-refractivity contribution in [1.82, 2.24) is 10.0 Å². The normalized spacial score (nSPS) is 29.4. The predicted octanol–water partition coefficient (Wildman–Crippen LogP) is 3.56. The Hall–Kier alpha value is -1.12. The van der Waals surface area contributed by atoms with Crippen molar-refractivity contribution in [1.29, 1.82) is 0 Å². The molecule has 19 heavy (non-hydrogen) atoms. The maximum Gasteiger partial charge on any atom is 0.0290 e. The fourth-order valence-electron chi connectivity index (χ4n) is 3.26. The molecule has 0 radical (unpaired) electrons. The Balaban J connectivity index is 1.90. The van der Waals surface area contributed by atoms with Crippen LogP contribution in [0.4, 0.5) is 0 Å². The number of hydrogen-bond acceptors (Lipinski definition) is 2. The number of allylic oxidation sites excluding steroid dienone is 3. The number of rotatable bonds is 8. The second-order valence-corrected chi connectivity index (χ2v) is 5.71. The topological polar surface area (TPSA) is 6.48 Å². The quantitative estimate of drug-likeness (QED) is 0.614. The fourth-order valence-corrected chi connectivity index (χ4v) is 3.26. The molecule has 0 aromatic rings. The van der Waals surface area contributed by atoms with E-state index in [-0.39, 0.29) is 0 Å². The summed E-state index contributed by atoms with van der Waals surface area (Å²) in [6.45, 7) is 19.2. The van der Waals surface area contributed by atoms with Crippen LogP contribution in [0, 0.1) is 5.92 Å². The zero-order chi connectivity index (χ0) is 13.8. The van der Waals surface area contributed by atoms with Gasteiger partial charge in [-0.1, -0.05) is 49.6 Å². The van der Waals surface area contributed by atoms with E-state index in [1.165, 1.54) is 25.9 Å². The van der Waals surface area contributed by atoms with Crippen molar-refractivity contribution in [2.24, 2.45) is 5.92 Å². The van der Waals surface area contributed by atoms with E-state index in [9.17, 15) is 0 Å². The summed E-state index contributed by atoms with van der Waals surface area (Å²) in [4.78, 5) is 0. The Kier molecular flexibility index (Phi) is 4.78. The van der Waals surface area contributed by atoms with E-state index < -0.39 is 0 Å². The zero-order valence-corrected chi connectivity index (χ0v) is 12.0. The Bertz CT molecular complexity index is 347. The monoisotopic (exact) mass is 258 g/mol. The highest BCUT2D eigenvalue weighted by Crippen LogP contribution is 2.36. The molecule has 0 aliphatic carbocycles. The summed E-state index contributed by atoms with van der Waals surface area (Å²) < 4.78 is 0. The first-order valence-corrected chi connectivity index (χ1v) is 7.27. The highest BCUT2D eigenvalue weighted by molar-refractivity contribution is 5.12. The van der Waals surface area contributed by atoms with Gasteiger partial charge in [0.2, 0.25) is 0 Å². The van der Waals surface area contributed by atoms with Crippen molar-refractivity contribution in [3.8, 4) is 0 Å². The molecule has 0 amide bonds. The molecule has 2 aliphatic heterocycles. The largest absolute Gasteiger partial charge is 0.241 e. The maximum atomic E-state index is 4.03. The molecule has 104 valence electrons. The lowest BCUT2D eigenvalue weighted by Gasteiger charge is -2.36. The van der Waals surface area contributed by atoms with Crippen LogP contribution in [-0.4, -0.2) is 35.7 Å². The lowest BCUT2D eigenvalue weighted by molar-refractivity contribution is -0.0190. The van der Waals surface area contributed by atoms with Crippen LogP contribution in [0.5, 0.6) is 0 Å². The van der Waals surface area contributed by atoms with E-state index in [0.29, 0.717) is 6.04 Å². The average Bonchev–Trinajstić information content (AvgIpc) is 3.02. The van der Waals surface area contributed by atoms with E-state index >= 15 is 0 Å². The van der Waals surface area contributed by atoms with Crippen LogP contribution in [0.15, 0.2) is 49.6 Å². The van der Waals surface area contributed by atoms with Crippen LogP contribution in [0.1, 0.15) is 25.7 Å². The van der Waals surface area contributed by atoms with Gasteiger partial charge < -0.3 is 0 Å². The molecule has 2 nitrogen and oxygen atoms in total. The van der Waals surface area contributed by atoms with Gasteiger partial charge in [0.25, 0.3) is 0 Å². The van der Waals surface area contributed by atoms with E-state index in [0.717, 1.165) is 36.5 Å². The van der Waals surface area contributed by atoms with Crippen LogP contribution in [0.2, 0.25) is 0 Å². The number of hydrogen-bond donors (Lipinski definition) is 0. The third-order valence-corrected chi connectivity index (χ3v) is 4.49. The molecule has 3 unspecified atom stereocenters. The molecule has 0 spiro atoms. The highest BCUT2D eigenvalue weighted by atomic mass is 15.7. The Morgan fingerprint density at radius 3 is 2.47 bits per heavy atom. The SMILES string of the molecule is C=CC(=C)CCC1C2CCN(C2)N1CCC(=C)C=C. The molecule has 0 saturated carbocycles. The standard InChI is InChI=1S/C17H26N2/c1-5-14(3)7-8-17-16-10-11-18(13-16)19(17)12-9-15(4)6-2/h5-6,16-17H,1-4,7-13H2. The van der Waals surface area contributed by atoms with Gasteiger partial charge in [-0.3, -0.25) is 0 Å². The second-order valence-electron chi connectivity index (χ2n) is 5.71. The van der Waals surface area contributed by atoms with Gasteiger partial charge in [0.15, 0.2) is 0 Å². The zero-order valence-electron chi connectivity index (χ0n) is 12.0. The van der Waals surface area contributed by atoms with Gasteiger partial charge >= 0.3 is 0 Å². The number of hydrazine groups is 1. The van der Waals surface area contributed by atoms with Crippen molar-refractivity contribution in [2.45, 2.75) is 31.7 Å². The molecule has 2 rings (SSSR count). The Morgan fingerprint density at radius 2 is 1.79 bits per heavy atom. The third kappa shape index (κ3) is 3.26. The van der Waals surface area contributed by atoms with Crippen molar-refractivity contribution in [2.75, 3.05) is 19.6 Å². The summed E-state index contributed by atoms with van der Waals surface area (Å²) in [5, 5.41) is 5.10. The molecule has 2 fully saturated rings. The minimum absolute atomic E-state index is 0.683. The van der Waals surface area contributed by atoms with E-state index in [1.807, 2.05) is 12.2 Å². The van der Waals surface area contributed by atoms with Crippen molar-refractivity contribution in [3.05, 3.63) is 49.6 Å². The van der Waals surface area contributed by atoms with Crippen LogP contribution < -0.4 is 0 Å². The lowest BCUT2D eigenvalue weighted by atomic mass is 9.93. The summed E-state index contributed by atoms with van der Waals surface area (Å²) in [6.07, 6.45) is 8.40.